The van der Waals surface area contributed by atoms with Crippen molar-refractivity contribution in [3.8, 4) is 17.0 Å². The van der Waals surface area contributed by atoms with E-state index in [4.69, 9.17) is 16.5 Å². The molecule has 0 saturated heterocycles. The summed E-state index contributed by atoms with van der Waals surface area (Å²) in [5.74, 6) is 1.39. The van der Waals surface area contributed by atoms with Crippen molar-refractivity contribution in [3.63, 3.8) is 0 Å². The minimum absolute atomic E-state index is 0.612. The summed E-state index contributed by atoms with van der Waals surface area (Å²) in [5.41, 5.74) is 2.65. The monoisotopic (exact) mass is 311 g/mol. The van der Waals surface area contributed by atoms with E-state index in [0.717, 1.165) is 22.7 Å². The van der Waals surface area contributed by atoms with Gasteiger partial charge >= 0.3 is 0 Å². The van der Waals surface area contributed by atoms with Crippen molar-refractivity contribution in [1.29, 1.82) is 0 Å². The Bertz CT molecular complexity index is 747. The number of hydrogen-bond donors (Lipinski definition) is 0. The van der Waals surface area contributed by atoms with Crippen molar-refractivity contribution in [1.82, 2.24) is 9.97 Å². The third-order valence-corrected chi connectivity index (χ3v) is 3.59. The lowest BCUT2D eigenvalue weighted by Crippen LogP contribution is -2.04. The Morgan fingerprint density at radius 3 is 2.36 bits per heavy atom. The molecule has 0 N–H and O–H groups in total. The van der Waals surface area contributed by atoms with Gasteiger partial charge in [-0.3, -0.25) is 0 Å². The van der Waals surface area contributed by atoms with Gasteiger partial charge in [-0.15, -0.1) is 0 Å². The molecule has 1 heterocycles. The first kappa shape index (κ1) is 14.4. The maximum atomic E-state index is 6.39. The number of hydrogen-bond acceptors (Lipinski definition) is 4. The van der Waals surface area contributed by atoms with E-state index in [0.29, 0.717) is 5.82 Å². The van der Waals surface area contributed by atoms with Gasteiger partial charge < -0.3 is 4.74 Å². The number of methoxy groups -OCH3 is 1. The van der Waals surface area contributed by atoms with Crippen LogP contribution in [-0.2, 0) is 0 Å². The fraction of sp³-hybridized carbons (Fsp3) is 0.0588. The van der Waals surface area contributed by atoms with Crippen molar-refractivity contribution >= 4 is 23.3 Å². The molecule has 0 aliphatic carbocycles. The summed E-state index contributed by atoms with van der Waals surface area (Å²) in [7, 11) is 1.63. The SMILES string of the molecule is COc1ccc(N(Cl)c2cc(-c3ccccc3)ncn2)cc1. The van der Waals surface area contributed by atoms with Gasteiger partial charge in [-0.25, -0.2) is 14.4 Å². The molecule has 5 heteroatoms. The van der Waals surface area contributed by atoms with Crippen LogP contribution in [0.25, 0.3) is 11.3 Å². The van der Waals surface area contributed by atoms with Crippen LogP contribution in [0.1, 0.15) is 0 Å². The maximum Gasteiger partial charge on any atom is 0.151 e. The largest absolute Gasteiger partial charge is 0.497 e. The maximum absolute atomic E-state index is 6.39. The molecular weight excluding hydrogens is 298 g/mol. The van der Waals surface area contributed by atoms with Crippen molar-refractivity contribution in [2.45, 2.75) is 0 Å². The highest BCUT2D eigenvalue weighted by Gasteiger charge is 2.10. The second-order valence-corrected chi connectivity index (χ2v) is 4.94. The van der Waals surface area contributed by atoms with Crippen molar-refractivity contribution < 1.29 is 4.74 Å². The Labute approximate surface area is 134 Å². The third kappa shape index (κ3) is 3.02. The number of nitrogens with zero attached hydrogens (tertiary/aromatic N) is 3. The number of ether oxygens (including phenoxy) is 1. The Morgan fingerprint density at radius 1 is 0.955 bits per heavy atom. The molecule has 0 aliphatic heterocycles. The standard InChI is InChI=1S/C17H14ClN3O/c1-22-15-9-7-14(8-10-15)21(18)17-11-16(19-12-20-17)13-5-3-2-4-6-13/h2-12H,1H3. The summed E-state index contributed by atoms with van der Waals surface area (Å²) in [6.45, 7) is 0. The van der Waals surface area contributed by atoms with Gasteiger partial charge in [0.25, 0.3) is 0 Å². The number of aromatic nitrogens is 2. The van der Waals surface area contributed by atoms with Crippen molar-refractivity contribution in [2.75, 3.05) is 11.5 Å². The molecule has 0 radical (unpaired) electrons. The molecule has 0 amide bonds. The van der Waals surface area contributed by atoms with Gasteiger partial charge in [0, 0.05) is 23.4 Å². The molecule has 0 atom stereocenters. The van der Waals surface area contributed by atoms with E-state index in [9.17, 15) is 0 Å². The molecule has 0 unspecified atom stereocenters. The highest BCUT2D eigenvalue weighted by molar-refractivity contribution is 6.29. The molecule has 1 aromatic heterocycles. The summed E-state index contributed by atoms with van der Waals surface area (Å²) in [6, 6.07) is 19.2. The van der Waals surface area contributed by atoms with E-state index in [1.165, 1.54) is 10.7 Å². The summed E-state index contributed by atoms with van der Waals surface area (Å²) in [4.78, 5) is 8.53. The smallest absolute Gasteiger partial charge is 0.151 e. The minimum Gasteiger partial charge on any atom is -0.497 e. The van der Waals surface area contributed by atoms with Crippen molar-refractivity contribution in [2.24, 2.45) is 0 Å². The van der Waals surface area contributed by atoms with Crippen LogP contribution in [0.15, 0.2) is 67.0 Å². The van der Waals surface area contributed by atoms with Gasteiger partial charge in [0.1, 0.15) is 12.1 Å². The zero-order chi connectivity index (χ0) is 15.4. The molecule has 0 aliphatic rings. The highest BCUT2D eigenvalue weighted by atomic mass is 35.5. The second kappa shape index (κ2) is 6.45. The van der Waals surface area contributed by atoms with Crippen LogP contribution in [0.2, 0.25) is 0 Å². The van der Waals surface area contributed by atoms with Gasteiger partial charge in [0.15, 0.2) is 5.82 Å². The second-order valence-electron chi connectivity index (χ2n) is 4.61. The number of benzene rings is 2. The molecule has 2 aromatic carbocycles. The van der Waals surface area contributed by atoms with E-state index in [1.54, 1.807) is 7.11 Å². The third-order valence-electron chi connectivity index (χ3n) is 3.22. The molecule has 110 valence electrons. The Morgan fingerprint density at radius 2 is 1.68 bits per heavy atom. The predicted octanol–water partition coefficient (Wildman–Crippen LogP) is 4.44. The lowest BCUT2D eigenvalue weighted by Gasteiger charge is -2.15. The number of rotatable bonds is 4. The van der Waals surface area contributed by atoms with Gasteiger partial charge in [-0.05, 0) is 24.3 Å². The average molecular weight is 312 g/mol. The topological polar surface area (TPSA) is 38.2 Å². The van der Waals surface area contributed by atoms with Crippen LogP contribution in [0.4, 0.5) is 11.5 Å². The molecule has 4 nitrogen and oxygen atoms in total. The normalized spacial score (nSPS) is 10.3. The first-order valence-electron chi connectivity index (χ1n) is 6.75. The Kier molecular flexibility index (Phi) is 4.21. The van der Waals surface area contributed by atoms with E-state index in [2.05, 4.69) is 9.97 Å². The molecule has 0 spiro atoms. The quantitative estimate of drug-likeness (QED) is 0.667. The van der Waals surface area contributed by atoms with Crippen LogP contribution >= 0.6 is 11.8 Å². The number of halogens is 1. The molecule has 0 saturated carbocycles. The molecule has 3 rings (SSSR count). The average Bonchev–Trinajstić information content (AvgIpc) is 2.62. The fourth-order valence-electron chi connectivity index (χ4n) is 2.07. The molecule has 0 bridgehead atoms. The van der Waals surface area contributed by atoms with Gasteiger partial charge in [0.2, 0.25) is 0 Å². The number of anilines is 2. The Hall–Kier alpha value is -2.59. The first-order chi connectivity index (χ1) is 10.8. The van der Waals surface area contributed by atoms with Crippen LogP contribution < -0.4 is 9.16 Å². The van der Waals surface area contributed by atoms with Crippen LogP contribution in [-0.4, -0.2) is 17.1 Å². The zero-order valence-corrected chi connectivity index (χ0v) is 12.7. The molecule has 3 aromatic rings. The van der Waals surface area contributed by atoms with Gasteiger partial charge in [-0.2, -0.15) is 0 Å². The van der Waals surface area contributed by atoms with E-state index >= 15 is 0 Å². The zero-order valence-electron chi connectivity index (χ0n) is 12.0. The summed E-state index contributed by atoms with van der Waals surface area (Å²) in [5, 5.41) is 0. The fourth-order valence-corrected chi connectivity index (χ4v) is 2.27. The van der Waals surface area contributed by atoms with Gasteiger partial charge in [-0.1, -0.05) is 30.3 Å². The highest BCUT2D eigenvalue weighted by Crippen LogP contribution is 2.29. The molecular formula is C17H14ClN3O. The Balaban J connectivity index is 1.91. The molecule has 0 fully saturated rings. The summed E-state index contributed by atoms with van der Waals surface area (Å²) < 4.78 is 6.64. The summed E-state index contributed by atoms with van der Waals surface area (Å²) >= 11 is 6.39. The minimum atomic E-state index is 0.612. The van der Waals surface area contributed by atoms with Crippen molar-refractivity contribution in [3.05, 3.63) is 67.0 Å². The van der Waals surface area contributed by atoms with Crippen LogP contribution in [0.5, 0.6) is 5.75 Å². The first-order valence-corrected chi connectivity index (χ1v) is 7.09. The lowest BCUT2D eigenvalue weighted by atomic mass is 10.1. The van der Waals surface area contributed by atoms with Crippen LogP contribution in [0, 0.1) is 0 Å². The summed E-state index contributed by atoms with van der Waals surface area (Å²) in [6.07, 6.45) is 1.51. The van der Waals surface area contributed by atoms with E-state index in [-0.39, 0.29) is 0 Å². The van der Waals surface area contributed by atoms with E-state index < -0.39 is 0 Å². The van der Waals surface area contributed by atoms with Crippen LogP contribution in [0.3, 0.4) is 0 Å². The lowest BCUT2D eigenvalue weighted by molar-refractivity contribution is 0.415. The van der Waals surface area contributed by atoms with Gasteiger partial charge in [0.05, 0.1) is 18.5 Å². The van der Waals surface area contributed by atoms with E-state index in [1.807, 2.05) is 60.7 Å². The predicted molar refractivity (Wildman–Crippen MR) is 88.5 cm³/mol. The molecule has 22 heavy (non-hydrogen) atoms.